The van der Waals surface area contributed by atoms with Crippen LogP contribution in [0.2, 0.25) is 0 Å². The van der Waals surface area contributed by atoms with Gasteiger partial charge in [-0.05, 0) is 50.2 Å². The molecule has 0 saturated carbocycles. The predicted molar refractivity (Wildman–Crippen MR) is 101 cm³/mol. The van der Waals surface area contributed by atoms with E-state index in [2.05, 4.69) is 5.09 Å². The number of anilines is 1. The van der Waals surface area contributed by atoms with Gasteiger partial charge in [-0.25, -0.2) is 4.57 Å². The minimum atomic E-state index is -3.67. The topological polar surface area (TPSA) is 47.6 Å². The van der Waals surface area contributed by atoms with Crippen LogP contribution < -0.4 is 14.1 Å². The second-order valence-electron chi connectivity index (χ2n) is 5.78. The molecule has 0 bridgehead atoms. The molecule has 0 aromatic heterocycles. The Kier molecular flexibility index (Phi) is 5.11. The maximum atomic E-state index is 13.3. The van der Waals surface area contributed by atoms with E-state index in [1.165, 1.54) is 0 Å². The van der Waals surface area contributed by atoms with Crippen molar-refractivity contribution in [1.82, 2.24) is 0 Å². The fourth-order valence-corrected chi connectivity index (χ4v) is 3.60. The van der Waals surface area contributed by atoms with Gasteiger partial charge in [0.15, 0.2) is 0 Å². The fraction of sp³-hybridized carbons (Fsp3) is 0.100. The first-order chi connectivity index (χ1) is 12.0. The van der Waals surface area contributed by atoms with Crippen LogP contribution in [0, 0.1) is 13.8 Å². The first kappa shape index (κ1) is 17.1. The van der Waals surface area contributed by atoms with Crippen LogP contribution in [0.15, 0.2) is 78.9 Å². The maximum Gasteiger partial charge on any atom is 0.541 e. The lowest BCUT2D eigenvalue weighted by Gasteiger charge is -2.21. The molecule has 0 unspecified atom stereocenters. The molecule has 5 heteroatoms. The van der Waals surface area contributed by atoms with Gasteiger partial charge in [0, 0.05) is 5.69 Å². The monoisotopic (exact) mass is 353 g/mol. The standard InChI is InChI=1S/C20H20NO3P/c1-16-8-12-19(13-9-16)23-25(22,21-18-6-4-3-5-7-18)24-20-14-10-17(2)11-15-20/h3-15H,1-2H3,(H,21,22). The number of para-hydroxylation sites is 1. The van der Waals surface area contributed by atoms with Crippen LogP contribution in [0.25, 0.3) is 0 Å². The highest BCUT2D eigenvalue weighted by Gasteiger charge is 2.29. The van der Waals surface area contributed by atoms with Crippen LogP contribution in [-0.4, -0.2) is 0 Å². The van der Waals surface area contributed by atoms with Crippen molar-refractivity contribution in [1.29, 1.82) is 0 Å². The van der Waals surface area contributed by atoms with E-state index in [1.807, 2.05) is 68.4 Å². The molecule has 0 fully saturated rings. The van der Waals surface area contributed by atoms with Crippen LogP contribution in [-0.2, 0) is 4.57 Å². The van der Waals surface area contributed by atoms with Crippen LogP contribution in [0.1, 0.15) is 11.1 Å². The quantitative estimate of drug-likeness (QED) is 0.554. The third kappa shape index (κ3) is 4.88. The highest BCUT2D eigenvalue weighted by molar-refractivity contribution is 7.56. The second-order valence-corrected chi connectivity index (χ2v) is 7.37. The average molecular weight is 353 g/mol. The Morgan fingerprint density at radius 2 is 1.12 bits per heavy atom. The molecule has 128 valence electrons. The molecule has 1 N–H and O–H groups in total. The first-order valence-electron chi connectivity index (χ1n) is 7.98. The normalized spacial score (nSPS) is 11.0. The number of hydrogen-bond acceptors (Lipinski definition) is 3. The predicted octanol–water partition coefficient (Wildman–Crippen LogP) is 5.98. The molecule has 0 heterocycles. The lowest BCUT2D eigenvalue weighted by atomic mass is 10.2. The minimum absolute atomic E-state index is 0.476. The highest BCUT2D eigenvalue weighted by atomic mass is 31.2. The zero-order valence-electron chi connectivity index (χ0n) is 14.2. The number of nitrogens with one attached hydrogen (secondary N) is 1. The van der Waals surface area contributed by atoms with Gasteiger partial charge in [-0.15, -0.1) is 0 Å². The van der Waals surface area contributed by atoms with Gasteiger partial charge in [-0.1, -0.05) is 53.6 Å². The van der Waals surface area contributed by atoms with Gasteiger partial charge in [0.25, 0.3) is 0 Å². The van der Waals surface area contributed by atoms with Gasteiger partial charge in [-0.2, -0.15) is 0 Å². The first-order valence-corrected chi connectivity index (χ1v) is 9.53. The molecular weight excluding hydrogens is 333 g/mol. The zero-order valence-corrected chi connectivity index (χ0v) is 15.1. The summed E-state index contributed by atoms with van der Waals surface area (Å²) in [5.74, 6) is 0.953. The lowest BCUT2D eigenvalue weighted by molar-refractivity contribution is 0.393. The summed E-state index contributed by atoms with van der Waals surface area (Å²) < 4.78 is 24.8. The second kappa shape index (κ2) is 7.45. The molecular formula is C20H20NO3P. The number of rotatable bonds is 6. The molecule has 3 rings (SSSR count). The van der Waals surface area contributed by atoms with Crippen LogP contribution in [0.4, 0.5) is 5.69 Å². The third-order valence-corrected chi connectivity index (χ3v) is 4.97. The summed E-state index contributed by atoms with van der Waals surface area (Å²) in [6.45, 7) is 3.96. The molecule has 0 spiro atoms. The van der Waals surface area contributed by atoms with Gasteiger partial charge < -0.3 is 9.05 Å². The van der Waals surface area contributed by atoms with Crippen molar-refractivity contribution >= 4 is 13.4 Å². The van der Waals surface area contributed by atoms with E-state index in [-0.39, 0.29) is 0 Å². The summed E-state index contributed by atoms with van der Waals surface area (Å²) in [6.07, 6.45) is 0. The highest BCUT2D eigenvalue weighted by Crippen LogP contribution is 2.48. The largest absolute Gasteiger partial charge is 0.541 e. The van der Waals surface area contributed by atoms with E-state index < -0.39 is 7.75 Å². The number of aryl methyl sites for hydroxylation is 2. The Morgan fingerprint density at radius 1 is 0.680 bits per heavy atom. The Morgan fingerprint density at radius 3 is 1.56 bits per heavy atom. The zero-order chi connectivity index (χ0) is 17.7. The molecule has 0 aliphatic heterocycles. The maximum absolute atomic E-state index is 13.3. The molecule has 3 aromatic carbocycles. The fourth-order valence-electron chi connectivity index (χ4n) is 2.21. The number of hydrogen-bond donors (Lipinski definition) is 1. The van der Waals surface area contributed by atoms with Gasteiger partial charge in [0.05, 0.1) is 0 Å². The molecule has 25 heavy (non-hydrogen) atoms. The van der Waals surface area contributed by atoms with Crippen LogP contribution >= 0.6 is 7.75 Å². The molecule has 0 saturated heterocycles. The van der Waals surface area contributed by atoms with E-state index in [0.717, 1.165) is 11.1 Å². The molecule has 0 radical (unpaired) electrons. The Balaban J connectivity index is 1.87. The van der Waals surface area contributed by atoms with Gasteiger partial charge in [-0.3, -0.25) is 5.09 Å². The Labute approximate surface area is 148 Å². The van der Waals surface area contributed by atoms with Crippen molar-refractivity contribution in [3.8, 4) is 11.5 Å². The van der Waals surface area contributed by atoms with E-state index in [1.54, 1.807) is 24.3 Å². The smallest absolute Gasteiger partial charge is 0.400 e. The molecule has 0 amide bonds. The van der Waals surface area contributed by atoms with Crippen LogP contribution in [0.3, 0.4) is 0 Å². The summed E-state index contributed by atoms with van der Waals surface area (Å²) in [5, 5.41) is 2.89. The van der Waals surface area contributed by atoms with E-state index in [4.69, 9.17) is 9.05 Å². The number of benzene rings is 3. The van der Waals surface area contributed by atoms with Crippen molar-refractivity contribution in [2.24, 2.45) is 0 Å². The molecule has 0 aliphatic carbocycles. The molecule has 0 atom stereocenters. The SMILES string of the molecule is Cc1ccc(OP(=O)(Nc2ccccc2)Oc2ccc(C)cc2)cc1. The van der Waals surface area contributed by atoms with Crippen molar-refractivity contribution in [3.63, 3.8) is 0 Å². The van der Waals surface area contributed by atoms with Gasteiger partial charge >= 0.3 is 7.75 Å². The van der Waals surface area contributed by atoms with Crippen molar-refractivity contribution < 1.29 is 13.6 Å². The van der Waals surface area contributed by atoms with Gasteiger partial charge in [0.1, 0.15) is 11.5 Å². The molecule has 0 aliphatic rings. The summed E-state index contributed by atoms with van der Waals surface area (Å²) in [5.41, 5.74) is 2.85. The van der Waals surface area contributed by atoms with Gasteiger partial charge in [0.2, 0.25) is 0 Å². The third-order valence-electron chi connectivity index (χ3n) is 3.53. The summed E-state index contributed by atoms with van der Waals surface area (Å²) in [7, 11) is -3.67. The van der Waals surface area contributed by atoms with Crippen LogP contribution in [0.5, 0.6) is 11.5 Å². The Bertz CT molecular complexity index is 810. The molecule has 3 aromatic rings. The summed E-state index contributed by atoms with van der Waals surface area (Å²) in [6, 6.07) is 23.9. The van der Waals surface area contributed by atoms with E-state index >= 15 is 0 Å². The summed E-state index contributed by atoms with van der Waals surface area (Å²) >= 11 is 0. The van der Waals surface area contributed by atoms with Crippen molar-refractivity contribution in [2.45, 2.75) is 13.8 Å². The minimum Gasteiger partial charge on any atom is -0.400 e. The lowest BCUT2D eigenvalue weighted by Crippen LogP contribution is -2.09. The van der Waals surface area contributed by atoms with Crippen molar-refractivity contribution in [3.05, 3.63) is 90.0 Å². The van der Waals surface area contributed by atoms with E-state index in [9.17, 15) is 4.57 Å². The van der Waals surface area contributed by atoms with E-state index in [0.29, 0.717) is 17.2 Å². The Hall–Kier alpha value is -2.71. The average Bonchev–Trinajstić information content (AvgIpc) is 2.60. The van der Waals surface area contributed by atoms with Crippen molar-refractivity contribution in [2.75, 3.05) is 5.09 Å². The summed E-state index contributed by atoms with van der Waals surface area (Å²) in [4.78, 5) is 0. The molecule has 4 nitrogen and oxygen atoms in total.